The number of rotatable bonds is 3. The molecule has 1 N–H and O–H groups in total. The van der Waals surface area contributed by atoms with Gasteiger partial charge < -0.3 is 5.32 Å². The second-order valence-electron chi connectivity index (χ2n) is 6.82. The number of hydrogen-bond acceptors (Lipinski definition) is 3. The molecule has 3 saturated heterocycles. The van der Waals surface area contributed by atoms with Crippen LogP contribution in [0.15, 0.2) is 0 Å². The third-order valence-electron chi connectivity index (χ3n) is 5.32. The minimum Gasteiger partial charge on any atom is -0.317 e. The molecule has 3 aliphatic rings. The molecule has 2 unspecified atom stereocenters. The first kappa shape index (κ1) is 12.9. The van der Waals surface area contributed by atoms with E-state index in [0.717, 1.165) is 24.0 Å². The highest BCUT2D eigenvalue weighted by Crippen LogP contribution is 2.32. The van der Waals surface area contributed by atoms with Crippen LogP contribution in [-0.2, 0) is 0 Å². The molecule has 3 nitrogen and oxygen atoms in total. The lowest BCUT2D eigenvalue weighted by Crippen LogP contribution is -2.56. The second-order valence-corrected chi connectivity index (χ2v) is 6.82. The first-order valence-electron chi connectivity index (χ1n) is 7.94. The molecular weight excluding hydrogens is 222 g/mol. The van der Waals surface area contributed by atoms with Crippen LogP contribution in [0, 0.1) is 5.92 Å². The summed E-state index contributed by atoms with van der Waals surface area (Å²) in [4.78, 5) is 5.57. The molecule has 104 valence electrons. The predicted octanol–water partition coefficient (Wildman–Crippen LogP) is 1.54. The lowest BCUT2D eigenvalue weighted by atomic mass is 9.96. The Kier molecular flexibility index (Phi) is 3.92. The summed E-state index contributed by atoms with van der Waals surface area (Å²) in [7, 11) is 0. The van der Waals surface area contributed by atoms with Gasteiger partial charge in [-0.25, -0.2) is 0 Å². The average molecular weight is 251 g/mol. The first-order valence-corrected chi connectivity index (χ1v) is 7.94. The van der Waals surface area contributed by atoms with Gasteiger partial charge >= 0.3 is 0 Å². The zero-order valence-electron chi connectivity index (χ0n) is 12.1. The van der Waals surface area contributed by atoms with Crippen molar-refractivity contribution in [3.05, 3.63) is 0 Å². The van der Waals surface area contributed by atoms with Crippen LogP contribution >= 0.6 is 0 Å². The van der Waals surface area contributed by atoms with Gasteiger partial charge in [0, 0.05) is 37.8 Å². The van der Waals surface area contributed by atoms with Crippen molar-refractivity contribution in [2.75, 3.05) is 32.7 Å². The van der Waals surface area contributed by atoms with Crippen LogP contribution in [0.25, 0.3) is 0 Å². The molecule has 18 heavy (non-hydrogen) atoms. The molecule has 3 rings (SSSR count). The van der Waals surface area contributed by atoms with Crippen molar-refractivity contribution in [2.24, 2.45) is 5.92 Å². The first-order chi connectivity index (χ1) is 8.74. The Morgan fingerprint density at radius 1 is 1.00 bits per heavy atom. The summed E-state index contributed by atoms with van der Waals surface area (Å²) in [6.45, 7) is 11.2. The molecule has 0 amide bonds. The molecule has 0 radical (unpaired) electrons. The standard InChI is InChI=1S/C15H29N3/c1-12(2)17-10-14-3-4-15(11-17)18(14)9-13-5-7-16-8-6-13/h12-16H,3-11H2,1-2H3. The van der Waals surface area contributed by atoms with Crippen molar-refractivity contribution in [1.29, 1.82) is 0 Å². The Bertz CT molecular complexity index is 259. The smallest absolute Gasteiger partial charge is 0.0227 e. The Hall–Kier alpha value is -0.120. The maximum absolute atomic E-state index is 3.49. The van der Waals surface area contributed by atoms with E-state index in [1.165, 1.54) is 58.4 Å². The minimum absolute atomic E-state index is 0.731. The van der Waals surface area contributed by atoms with Gasteiger partial charge in [-0.05, 0) is 58.5 Å². The van der Waals surface area contributed by atoms with Crippen LogP contribution in [0.3, 0.4) is 0 Å². The van der Waals surface area contributed by atoms with E-state index in [9.17, 15) is 0 Å². The monoisotopic (exact) mass is 251 g/mol. The topological polar surface area (TPSA) is 18.5 Å². The van der Waals surface area contributed by atoms with Gasteiger partial charge in [0.05, 0.1) is 0 Å². The average Bonchev–Trinajstić information content (AvgIpc) is 2.62. The van der Waals surface area contributed by atoms with E-state index in [0.29, 0.717) is 0 Å². The highest BCUT2D eigenvalue weighted by molar-refractivity contribution is 4.97. The lowest BCUT2D eigenvalue weighted by molar-refractivity contribution is 0.0354. The molecule has 0 aromatic heterocycles. The van der Waals surface area contributed by atoms with E-state index >= 15 is 0 Å². The maximum Gasteiger partial charge on any atom is 0.0227 e. The second kappa shape index (κ2) is 5.48. The van der Waals surface area contributed by atoms with Gasteiger partial charge in [-0.1, -0.05) is 0 Å². The predicted molar refractivity (Wildman–Crippen MR) is 75.8 cm³/mol. The molecule has 0 aromatic carbocycles. The molecule has 3 fully saturated rings. The summed E-state index contributed by atoms with van der Waals surface area (Å²) in [6.07, 6.45) is 5.67. The number of nitrogens with one attached hydrogen (secondary N) is 1. The fraction of sp³-hybridized carbons (Fsp3) is 1.00. The van der Waals surface area contributed by atoms with Gasteiger partial charge in [0.25, 0.3) is 0 Å². The Morgan fingerprint density at radius 3 is 2.17 bits per heavy atom. The minimum atomic E-state index is 0.731. The normalized spacial score (nSPS) is 35.5. The highest BCUT2D eigenvalue weighted by atomic mass is 15.3. The number of piperazine rings is 1. The maximum atomic E-state index is 3.49. The van der Waals surface area contributed by atoms with Gasteiger partial charge in [0.1, 0.15) is 0 Å². The summed E-state index contributed by atoms with van der Waals surface area (Å²) in [6, 6.07) is 2.45. The molecule has 0 aromatic rings. The molecule has 0 saturated carbocycles. The Morgan fingerprint density at radius 2 is 1.61 bits per heavy atom. The SMILES string of the molecule is CC(C)N1CC2CCC(C1)N2CC1CCNCC1. The lowest BCUT2D eigenvalue weighted by Gasteiger charge is -2.44. The van der Waals surface area contributed by atoms with E-state index in [2.05, 4.69) is 29.0 Å². The van der Waals surface area contributed by atoms with E-state index in [1.54, 1.807) is 0 Å². The number of fused-ring (bicyclic) bond motifs is 2. The van der Waals surface area contributed by atoms with Gasteiger partial charge in [-0.15, -0.1) is 0 Å². The van der Waals surface area contributed by atoms with Crippen molar-refractivity contribution in [2.45, 2.75) is 57.7 Å². The third kappa shape index (κ3) is 2.59. The zero-order valence-corrected chi connectivity index (χ0v) is 12.1. The summed E-state index contributed by atoms with van der Waals surface area (Å²) in [5.41, 5.74) is 0. The van der Waals surface area contributed by atoms with Crippen molar-refractivity contribution in [1.82, 2.24) is 15.1 Å². The molecule has 0 aliphatic carbocycles. The largest absolute Gasteiger partial charge is 0.317 e. The quantitative estimate of drug-likeness (QED) is 0.821. The molecule has 3 aliphatic heterocycles. The van der Waals surface area contributed by atoms with Crippen molar-refractivity contribution in [3.63, 3.8) is 0 Å². The van der Waals surface area contributed by atoms with E-state index < -0.39 is 0 Å². The van der Waals surface area contributed by atoms with Gasteiger partial charge in [0.2, 0.25) is 0 Å². The third-order valence-corrected chi connectivity index (χ3v) is 5.32. The van der Waals surface area contributed by atoms with Crippen molar-refractivity contribution >= 4 is 0 Å². The van der Waals surface area contributed by atoms with Crippen LogP contribution in [0.1, 0.15) is 39.5 Å². The van der Waals surface area contributed by atoms with Crippen molar-refractivity contribution in [3.8, 4) is 0 Å². The van der Waals surface area contributed by atoms with Gasteiger partial charge in [0.15, 0.2) is 0 Å². The van der Waals surface area contributed by atoms with Crippen LogP contribution in [-0.4, -0.2) is 60.6 Å². The van der Waals surface area contributed by atoms with Crippen LogP contribution < -0.4 is 5.32 Å². The fourth-order valence-corrected chi connectivity index (χ4v) is 4.11. The van der Waals surface area contributed by atoms with E-state index in [4.69, 9.17) is 0 Å². The molecule has 2 bridgehead atoms. The molecule has 0 spiro atoms. The summed E-state index contributed by atoms with van der Waals surface area (Å²) >= 11 is 0. The van der Waals surface area contributed by atoms with Crippen LogP contribution in [0.2, 0.25) is 0 Å². The molecule has 2 atom stereocenters. The highest BCUT2D eigenvalue weighted by Gasteiger charge is 2.40. The fourth-order valence-electron chi connectivity index (χ4n) is 4.11. The molecular formula is C15H29N3. The van der Waals surface area contributed by atoms with Gasteiger partial charge in [-0.2, -0.15) is 0 Å². The molecule has 3 heterocycles. The zero-order chi connectivity index (χ0) is 12.5. The Balaban J connectivity index is 1.58. The summed E-state index contributed by atoms with van der Waals surface area (Å²) in [5.74, 6) is 0.958. The summed E-state index contributed by atoms with van der Waals surface area (Å²) < 4.78 is 0. The number of likely N-dealkylation sites (tertiary alicyclic amines) is 1. The summed E-state index contributed by atoms with van der Waals surface area (Å²) in [5, 5.41) is 3.49. The van der Waals surface area contributed by atoms with Crippen molar-refractivity contribution < 1.29 is 0 Å². The van der Waals surface area contributed by atoms with E-state index in [-0.39, 0.29) is 0 Å². The number of nitrogens with zero attached hydrogens (tertiary/aromatic N) is 2. The Labute approximate surface area is 112 Å². The molecule has 3 heteroatoms. The van der Waals surface area contributed by atoms with E-state index in [1.807, 2.05) is 0 Å². The van der Waals surface area contributed by atoms with Crippen LogP contribution in [0.4, 0.5) is 0 Å². The van der Waals surface area contributed by atoms with Crippen LogP contribution in [0.5, 0.6) is 0 Å². The van der Waals surface area contributed by atoms with Gasteiger partial charge in [-0.3, -0.25) is 9.80 Å². The number of piperidine rings is 1. The number of hydrogen-bond donors (Lipinski definition) is 1.